The molecule has 3 aromatic rings. The minimum atomic E-state index is -3.20. The highest BCUT2D eigenvalue weighted by molar-refractivity contribution is 7.90. The zero-order chi connectivity index (χ0) is 18.9. The Labute approximate surface area is 175 Å². The van der Waals surface area contributed by atoms with Gasteiger partial charge in [-0.3, -0.25) is 0 Å². The first-order valence-electron chi connectivity index (χ1n) is 8.08. The summed E-state index contributed by atoms with van der Waals surface area (Å²) in [5.41, 5.74) is 3.21. The lowest BCUT2D eigenvalue weighted by Gasteiger charge is -2.06. The molecule has 0 atom stereocenters. The summed E-state index contributed by atoms with van der Waals surface area (Å²) in [4.78, 5) is 4.87. The van der Waals surface area contributed by atoms with E-state index in [2.05, 4.69) is 11.0 Å². The summed E-state index contributed by atoms with van der Waals surface area (Å²) in [6.45, 7) is 0.854. The van der Waals surface area contributed by atoms with E-state index in [4.69, 9.17) is 11.6 Å². The van der Waals surface area contributed by atoms with Gasteiger partial charge in [-0.15, -0.1) is 23.7 Å². The van der Waals surface area contributed by atoms with Gasteiger partial charge in [0.1, 0.15) is 0 Å². The molecule has 1 aromatic heterocycles. The molecule has 27 heavy (non-hydrogen) atoms. The fourth-order valence-electron chi connectivity index (χ4n) is 2.74. The molecule has 0 saturated carbocycles. The van der Waals surface area contributed by atoms with Crippen LogP contribution in [0, 0.1) is 0 Å². The third kappa shape index (κ3) is 5.33. The molecule has 0 aliphatic rings. The van der Waals surface area contributed by atoms with Gasteiger partial charge in [0.2, 0.25) is 0 Å². The molecule has 3 nitrogen and oxygen atoms in total. The summed E-state index contributed by atoms with van der Waals surface area (Å²) in [5, 5.41) is 0.706. The van der Waals surface area contributed by atoms with Crippen LogP contribution in [0.2, 0.25) is 5.02 Å². The van der Waals surface area contributed by atoms with Gasteiger partial charge in [0, 0.05) is 33.1 Å². The topological polar surface area (TPSA) is 37.4 Å². The van der Waals surface area contributed by atoms with E-state index in [0.29, 0.717) is 9.92 Å². The average Bonchev–Trinajstić information content (AvgIpc) is 2.98. The van der Waals surface area contributed by atoms with Gasteiger partial charge >= 0.3 is 0 Å². The number of nitrogens with zero attached hydrogens (tertiary/aromatic N) is 1. The van der Waals surface area contributed by atoms with Crippen LogP contribution in [0.15, 0.2) is 59.5 Å². The zero-order valence-electron chi connectivity index (χ0n) is 15.3. The number of benzene rings is 2. The van der Waals surface area contributed by atoms with Gasteiger partial charge < -0.3 is 4.90 Å². The van der Waals surface area contributed by atoms with Crippen LogP contribution in [0.25, 0.3) is 21.6 Å². The van der Waals surface area contributed by atoms with Crippen molar-refractivity contribution in [1.29, 1.82) is 0 Å². The van der Waals surface area contributed by atoms with Crippen molar-refractivity contribution in [3.63, 3.8) is 0 Å². The number of hydrogen-bond acceptors (Lipinski definition) is 4. The Morgan fingerprint density at radius 3 is 2.04 bits per heavy atom. The van der Waals surface area contributed by atoms with Gasteiger partial charge in [0.05, 0.1) is 4.90 Å². The number of hydrogen-bond donors (Lipinski definition) is 0. The Hall–Kier alpha value is -1.37. The largest absolute Gasteiger partial charge is 0.304 e. The summed E-state index contributed by atoms with van der Waals surface area (Å²) in [7, 11) is 0.890. The number of sulfone groups is 1. The van der Waals surface area contributed by atoms with Gasteiger partial charge in [0.25, 0.3) is 0 Å². The van der Waals surface area contributed by atoms with E-state index < -0.39 is 9.84 Å². The fourth-order valence-corrected chi connectivity index (χ4v) is 4.80. The molecule has 3 rings (SSSR count). The van der Waals surface area contributed by atoms with Gasteiger partial charge in [-0.1, -0.05) is 35.9 Å². The van der Waals surface area contributed by atoms with E-state index in [1.54, 1.807) is 23.5 Å². The molecule has 0 spiro atoms. The van der Waals surface area contributed by atoms with E-state index in [9.17, 15) is 8.42 Å². The molecule has 0 unspecified atom stereocenters. The maximum Gasteiger partial charge on any atom is 0.175 e. The van der Waals surface area contributed by atoms with Crippen LogP contribution in [-0.2, 0) is 16.4 Å². The third-order valence-corrected chi connectivity index (χ3v) is 6.50. The van der Waals surface area contributed by atoms with Crippen LogP contribution in [0.4, 0.5) is 0 Å². The van der Waals surface area contributed by atoms with Crippen molar-refractivity contribution >= 4 is 45.2 Å². The molecule has 0 saturated heterocycles. The number of halogens is 2. The van der Waals surface area contributed by atoms with Gasteiger partial charge in [-0.25, -0.2) is 8.42 Å². The molecule has 1 heterocycles. The molecular formula is C20H21Cl2NO2S2. The molecule has 0 amide bonds. The SMILES string of the molecule is CN(C)Cc1cc(-c2ccc(S(C)(=O)=O)cc2)c(-c2ccc(Cl)cc2)s1.Cl. The first kappa shape index (κ1) is 21.9. The van der Waals surface area contributed by atoms with Crippen molar-refractivity contribution in [2.75, 3.05) is 20.4 Å². The molecule has 144 valence electrons. The van der Waals surface area contributed by atoms with Gasteiger partial charge in [0.15, 0.2) is 9.84 Å². The van der Waals surface area contributed by atoms with Crippen molar-refractivity contribution in [1.82, 2.24) is 4.90 Å². The molecule has 0 fully saturated rings. The van der Waals surface area contributed by atoms with E-state index in [1.807, 2.05) is 50.5 Å². The second kappa shape index (κ2) is 8.76. The van der Waals surface area contributed by atoms with Gasteiger partial charge in [-0.05, 0) is 55.6 Å². The van der Waals surface area contributed by atoms with E-state index >= 15 is 0 Å². The lowest BCUT2D eigenvalue weighted by molar-refractivity contribution is 0.406. The molecule has 0 bridgehead atoms. The minimum absolute atomic E-state index is 0. The number of rotatable bonds is 5. The Bertz CT molecular complexity index is 1010. The Morgan fingerprint density at radius 2 is 1.52 bits per heavy atom. The average molecular weight is 442 g/mol. The van der Waals surface area contributed by atoms with E-state index in [0.717, 1.165) is 28.1 Å². The molecule has 2 aromatic carbocycles. The maximum atomic E-state index is 11.7. The van der Waals surface area contributed by atoms with E-state index in [1.165, 1.54) is 11.1 Å². The summed E-state index contributed by atoms with van der Waals surface area (Å²) in [6.07, 6.45) is 1.22. The number of thiophene rings is 1. The van der Waals surface area contributed by atoms with Gasteiger partial charge in [-0.2, -0.15) is 0 Å². The van der Waals surface area contributed by atoms with Crippen LogP contribution >= 0.6 is 35.3 Å². The van der Waals surface area contributed by atoms with Crippen LogP contribution in [0.1, 0.15) is 4.88 Å². The molecular weight excluding hydrogens is 421 g/mol. The highest BCUT2D eigenvalue weighted by Gasteiger charge is 2.15. The highest BCUT2D eigenvalue weighted by Crippen LogP contribution is 2.40. The monoisotopic (exact) mass is 441 g/mol. The standard InChI is InChI=1S/C20H20ClNO2S2.ClH/c1-22(2)13-17-12-19(14-6-10-18(11-7-14)26(3,23)24)20(25-17)15-4-8-16(21)9-5-15;/h4-12H,13H2,1-3H3;1H. The molecule has 0 aliphatic heterocycles. The second-order valence-corrected chi connectivity index (χ2v) is 10.1. The normalized spacial score (nSPS) is 11.4. The maximum absolute atomic E-state index is 11.7. The molecule has 0 N–H and O–H groups in total. The first-order valence-corrected chi connectivity index (χ1v) is 11.2. The smallest absolute Gasteiger partial charge is 0.175 e. The summed E-state index contributed by atoms with van der Waals surface area (Å²) in [5.74, 6) is 0. The quantitative estimate of drug-likeness (QED) is 0.515. The molecule has 0 aliphatic carbocycles. The van der Waals surface area contributed by atoms with Crippen molar-refractivity contribution in [2.45, 2.75) is 11.4 Å². The Balaban J connectivity index is 0.00000261. The minimum Gasteiger partial charge on any atom is -0.304 e. The summed E-state index contributed by atoms with van der Waals surface area (Å²) < 4.78 is 23.4. The predicted octanol–water partition coefficient (Wildman–Crippen LogP) is 5.62. The Kier molecular flexibility index (Phi) is 7.11. The second-order valence-electron chi connectivity index (χ2n) is 6.50. The Morgan fingerprint density at radius 1 is 0.963 bits per heavy atom. The van der Waals surface area contributed by atoms with E-state index in [-0.39, 0.29) is 12.4 Å². The third-order valence-electron chi connectivity index (χ3n) is 3.96. The van der Waals surface area contributed by atoms with Crippen LogP contribution in [-0.4, -0.2) is 33.7 Å². The van der Waals surface area contributed by atoms with Crippen LogP contribution in [0.3, 0.4) is 0 Å². The van der Waals surface area contributed by atoms with Crippen LogP contribution < -0.4 is 0 Å². The molecule has 0 radical (unpaired) electrons. The predicted molar refractivity (Wildman–Crippen MR) is 118 cm³/mol. The lowest BCUT2D eigenvalue weighted by Crippen LogP contribution is -2.09. The van der Waals surface area contributed by atoms with Crippen molar-refractivity contribution in [3.8, 4) is 21.6 Å². The van der Waals surface area contributed by atoms with Crippen molar-refractivity contribution in [3.05, 3.63) is 64.5 Å². The summed E-state index contributed by atoms with van der Waals surface area (Å²) >= 11 is 7.78. The summed E-state index contributed by atoms with van der Waals surface area (Å²) in [6, 6.07) is 17.1. The molecule has 7 heteroatoms. The lowest BCUT2D eigenvalue weighted by atomic mass is 10.0. The van der Waals surface area contributed by atoms with Crippen LogP contribution in [0.5, 0.6) is 0 Å². The highest BCUT2D eigenvalue weighted by atomic mass is 35.5. The van der Waals surface area contributed by atoms with Crippen molar-refractivity contribution < 1.29 is 8.42 Å². The van der Waals surface area contributed by atoms with Crippen molar-refractivity contribution in [2.24, 2.45) is 0 Å². The zero-order valence-corrected chi connectivity index (χ0v) is 18.5. The fraction of sp³-hybridized carbons (Fsp3) is 0.200. The first-order chi connectivity index (χ1) is 12.2.